The first kappa shape index (κ1) is 14.3. The van der Waals surface area contributed by atoms with Gasteiger partial charge in [-0.3, -0.25) is 0 Å². The van der Waals surface area contributed by atoms with Crippen molar-refractivity contribution in [1.82, 2.24) is 9.97 Å². The van der Waals surface area contributed by atoms with Gasteiger partial charge in [0.1, 0.15) is 29.8 Å². The van der Waals surface area contributed by atoms with Gasteiger partial charge in [0, 0.05) is 19.7 Å². The Balaban J connectivity index is 2.08. The minimum atomic E-state index is 0.383. The number of hydrogen-bond donors (Lipinski definition) is 2. The van der Waals surface area contributed by atoms with E-state index in [2.05, 4.69) is 20.6 Å². The lowest BCUT2D eigenvalue weighted by atomic mass is 10.4. The summed E-state index contributed by atoms with van der Waals surface area (Å²) < 4.78 is 10.6. The van der Waals surface area contributed by atoms with Gasteiger partial charge < -0.3 is 19.8 Å². The molecule has 0 aliphatic carbocycles. The van der Waals surface area contributed by atoms with Gasteiger partial charge in [-0.1, -0.05) is 0 Å². The molecule has 0 bridgehead atoms. The third-order valence-corrected chi connectivity index (χ3v) is 2.64. The molecule has 2 N–H and O–H groups in total. The van der Waals surface area contributed by atoms with Crippen LogP contribution in [0.2, 0.25) is 0 Å². The van der Waals surface area contributed by atoms with Gasteiger partial charge in [0.05, 0.1) is 6.54 Å². The second kappa shape index (κ2) is 6.91. The van der Waals surface area contributed by atoms with E-state index in [4.69, 9.17) is 9.15 Å². The summed E-state index contributed by atoms with van der Waals surface area (Å²) >= 11 is 0. The summed E-state index contributed by atoms with van der Waals surface area (Å²) in [6, 6.07) is 5.76. The summed E-state index contributed by atoms with van der Waals surface area (Å²) in [7, 11) is 1.63. The summed E-state index contributed by atoms with van der Waals surface area (Å²) in [5, 5.41) is 6.41. The minimum Gasteiger partial charge on any atom is -0.465 e. The van der Waals surface area contributed by atoms with Crippen LogP contribution in [0.25, 0.3) is 0 Å². The number of nitrogens with one attached hydrogen (secondary N) is 2. The maximum absolute atomic E-state index is 5.51. The third kappa shape index (κ3) is 3.96. The quantitative estimate of drug-likeness (QED) is 0.809. The van der Waals surface area contributed by atoms with Gasteiger partial charge in [0.2, 0.25) is 0 Å². The molecule has 0 spiro atoms. The SMILES string of the molecule is CCNc1cc(NCc2ccc(C)o2)nc(COC)n1. The van der Waals surface area contributed by atoms with Gasteiger partial charge in [-0.05, 0) is 26.0 Å². The highest BCUT2D eigenvalue weighted by Gasteiger charge is 2.05. The monoisotopic (exact) mass is 276 g/mol. The van der Waals surface area contributed by atoms with E-state index in [9.17, 15) is 0 Å². The molecule has 2 aromatic heterocycles. The Bertz CT molecular complexity index is 530. The summed E-state index contributed by atoms with van der Waals surface area (Å²) in [5.74, 6) is 3.95. The van der Waals surface area contributed by atoms with Crippen molar-refractivity contribution in [2.45, 2.75) is 27.0 Å². The Morgan fingerprint density at radius 3 is 2.55 bits per heavy atom. The number of anilines is 2. The van der Waals surface area contributed by atoms with Crippen molar-refractivity contribution >= 4 is 11.6 Å². The van der Waals surface area contributed by atoms with E-state index in [0.29, 0.717) is 19.0 Å². The third-order valence-electron chi connectivity index (χ3n) is 2.64. The van der Waals surface area contributed by atoms with E-state index in [1.807, 2.05) is 32.0 Å². The van der Waals surface area contributed by atoms with Crippen LogP contribution in [0.4, 0.5) is 11.6 Å². The largest absolute Gasteiger partial charge is 0.465 e. The Kier molecular flexibility index (Phi) is 4.95. The zero-order valence-corrected chi connectivity index (χ0v) is 12.1. The highest BCUT2D eigenvalue weighted by Crippen LogP contribution is 2.14. The second-order valence-electron chi connectivity index (χ2n) is 4.38. The molecule has 0 aromatic carbocycles. The van der Waals surface area contributed by atoms with Crippen LogP contribution in [0.15, 0.2) is 22.6 Å². The first-order chi connectivity index (χ1) is 9.71. The molecule has 0 aliphatic rings. The Labute approximate surface area is 118 Å². The van der Waals surface area contributed by atoms with Gasteiger partial charge in [0.15, 0.2) is 5.82 Å². The molecular formula is C14H20N4O2. The van der Waals surface area contributed by atoms with Gasteiger partial charge in [-0.25, -0.2) is 9.97 Å². The average Bonchev–Trinajstić information content (AvgIpc) is 2.83. The fraction of sp³-hybridized carbons (Fsp3) is 0.429. The lowest BCUT2D eigenvalue weighted by Crippen LogP contribution is -2.08. The Morgan fingerprint density at radius 1 is 1.20 bits per heavy atom. The summed E-state index contributed by atoms with van der Waals surface area (Å²) in [6.07, 6.45) is 0. The number of rotatable bonds is 7. The van der Waals surface area contributed by atoms with Crippen molar-refractivity contribution in [3.05, 3.63) is 35.5 Å². The zero-order valence-electron chi connectivity index (χ0n) is 12.1. The summed E-state index contributed by atoms with van der Waals surface area (Å²) in [6.45, 7) is 5.72. The number of methoxy groups -OCH3 is 1. The molecule has 2 aromatic rings. The van der Waals surface area contributed by atoms with Gasteiger partial charge in [-0.2, -0.15) is 0 Å². The second-order valence-corrected chi connectivity index (χ2v) is 4.38. The minimum absolute atomic E-state index is 0.383. The standard InChI is InChI=1S/C14H20N4O2/c1-4-15-12-7-13(18-14(17-12)9-19-3)16-8-11-6-5-10(2)20-11/h5-7H,4,8-9H2,1-3H3,(H2,15,16,17,18). The van der Waals surface area contributed by atoms with E-state index in [0.717, 1.165) is 29.7 Å². The molecular weight excluding hydrogens is 256 g/mol. The molecule has 2 rings (SSSR count). The highest BCUT2D eigenvalue weighted by atomic mass is 16.5. The zero-order chi connectivity index (χ0) is 14.4. The van der Waals surface area contributed by atoms with E-state index in [1.54, 1.807) is 7.11 Å². The lowest BCUT2D eigenvalue weighted by molar-refractivity contribution is 0.178. The number of aryl methyl sites for hydroxylation is 1. The molecule has 2 heterocycles. The van der Waals surface area contributed by atoms with Crippen LogP contribution in [0.1, 0.15) is 24.3 Å². The molecule has 0 unspecified atom stereocenters. The van der Waals surface area contributed by atoms with Crippen LogP contribution >= 0.6 is 0 Å². The Morgan fingerprint density at radius 2 is 1.95 bits per heavy atom. The number of ether oxygens (including phenoxy) is 1. The number of nitrogens with zero attached hydrogens (tertiary/aromatic N) is 2. The van der Waals surface area contributed by atoms with Crippen molar-refractivity contribution < 1.29 is 9.15 Å². The number of aromatic nitrogens is 2. The molecule has 6 heteroatoms. The molecule has 0 radical (unpaired) electrons. The first-order valence-corrected chi connectivity index (χ1v) is 6.61. The normalized spacial score (nSPS) is 10.6. The van der Waals surface area contributed by atoms with E-state index < -0.39 is 0 Å². The highest BCUT2D eigenvalue weighted by molar-refractivity contribution is 5.47. The average molecular weight is 276 g/mol. The van der Waals surface area contributed by atoms with Crippen LogP contribution in [0.5, 0.6) is 0 Å². The van der Waals surface area contributed by atoms with Crippen molar-refractivity contribution in [2.75, 3.05) is 24.3 Å². The molecule has 0 saturated carbocycles. The van der Waals surface area contributed by atoms with Crippen LogP contribution in [0.3, 0.4) is 0 Å². The maximum Gasteiger partial charge on any atom is 0.158 e. The van der Waals surface area contributed by atoms with E-state index in [-0.39, 0.29) is 0 Å². The fourth-order valence-corrected chi connectivity index (χ4v) is 1.81. The molecule has 6 nitrogen and oxygen atoms in total. The Hall–Kier alpha value is -2.08. The van der Waals surface area contributed by atoms with Gasteiger partial charge >= 0.3 is 0 Å². The van der Waals surface area contributed by atoms with Crippen LogP contribution in [-0.4, -0.2) is 23.6 Å². The van der Waals surface area contributed by atoms with Crippen LogP contribution in [-0.2, 0) is 17.9 Å². The van der Waals surface area contributed by atoms with Crippen molar-refractivity contribution in [3.8, 4) is 0 Å². The summed E-state index contributed by atoms with van der Waals surface area (Å²) in [5.41, 5.74) is 0. The van der Waals surface area contributed by atoms with Crippen molar-refractivity contribution in [3.63, 3.8) is 0 Å². The smallest absolute Gasteiger partial charge is 0.158 e. The van der Waals surface area contributed by atoms with Crippen LogP contribution in [0, 0.1) is 6.92 Å². The van der Waals surface area contributed by atoms with Gasteiger partial charge in [-0.15, -0.1) is 0 Å². The molecule has 0 aliphatic heterocycles. The predicted octanol–water partition coefficient (Wildman–Crippen LogP) is 2.57. The molecule has 0 amide bonds. The number of hydrogen-bond acceptors (Lipinski definition) is 6. The predicted molar refractivity (Wildman–Crippen MR) is 77.7 cm³/mol. The molecule has 0 atom stereocenters. The van der Waals surface area contributed by atoms with Crippen molar-refractivity contribution in [1.29, 1.82) is 0 Å². The van der Waals surface area contributed by atoms with E-state index in [1.165, 1.54) is 0 Å². The maximum atomic E-state index is 5.51. The first-order valence-electron chi connectivity index (χ1n) is 6.61. The van der Waals surface area contributed by atoms with E-state index >= 15 is 0 Å². The van der Waals surface area contributed by atoms with Crippen LogP contribution < -0.4 is 10.6 Å². The number of furan rings is 1. The van der Waals surface area contributed by atoms with Gasteiger partial charge in [0.25, 0.3) is 0 Å². The summed E-state index contributed by atoms with van der Waals surface area (Å²) in [4.78, 5) is 8.76. The topological polar surface area (TPSA) is 72.2 Å². The lowest BCUT2D eigenvalue weighted by Gasteiger charge is -2.09. The fourth-order valence-electron chi connectivity index (χ4n) is 1.81. The molecule has 20 heavy (non-hydrogen) atoms. The molecule has 0 saturated heterocycles. The molecule has 0 fully saturated rings. The van der Waals surface area contributed by atoms with Crippen molar-refractivity contribution in [2.24, 2.45) is 0 Å². The molecule has 108 valence electrons.